The maximum atomic E-state index is 2.54. The molecule has 0 spiro atoms. The third-order valence-electron chi connectivity index (χ3n) is 6.32. The third kappa shape index (κ3) is 6.63. The zero-order valence-electron chi connectivity index (χ0n) is 19.8. The van der Waals surface area contributed by atoms with Gasteiger partial charge < -0.3 is 4.90 Å². The fraction of sp³-hybridized carbons (Fsp3) is 0.571. The Morgan fingerprint density at radius 3 is 1.69 bits per heavy atom. The molecule has 2 aromatic rings. The Bertz CT molecular complexity index is 697. The summed E-state index contributed by atoms with van der Waals surface area (Å²) < 4.78 is 0. The lowest BCUT2D eigenvalue weighted by Crippen LogP contribution is -2.40. The molecule has 0 bridgehead atoms. The molecule has 0 N–H and O–H groups in total. The van der Waals surface area contributed by atoms with Gasteiger partial charge >= 0.3 is 0 Å². The van der Waals surface area contributed by atoms with E-state index >= 15 is 0 Å². The first kappa shape index (κ1) is 23.5. The van der Waals surface area contributed by atoms with Crippen LogP contribution in [-0.2, 0) is 5.41 Å². The monoisotopic (exact) mass is 393 g/mol. The molecular formula is C28H43N. The van der Waals surface area contributed by atoms with Crippen molar-refractivity contribution in [3.05, 3.63) is 60.2 Å². The molecule has 0 unspecified atom stereocenters. The molecule has 0 atom stereocenters. The highest BCUT2D eigenvalue weighted by molar-refractivity contribution is 5.65. The van der Waals surface area contributed by atoms with E-state index in [0.29, 0.717) is 0 Å². The summed E-state index contributed by atoms with van der Waals surface area (Å²) in [5, 5.41) is 0. The van der Waals surface area contributed by atoms with Crippen molar-refractivity contribution in [3.63, 3.8) is 0 Å². The number of nitrogens with zero attached hydrogens (tertiary/aromatic N) is 1. The Morgan fingerprint density at radius 1 is 0.621 bits per heavy atom. The number of hydrogen-bond acceptors (Lipinski definition) is 1. The van der Waals surface area contributed by atoms with Crippen LogP contribution in [-0.4, -0.2) is 5.54 Å². The van der Waals surface area contributed by atoms with Crippen LogP contribution in [0.5, 0.6) is 0 Å². The Kier molecular flexibility index (Phi) is 8.80. The van der Waals surface area contributed by atoms with Gasteiger partial charge in [-0.1, -0.05) is 96.6 Å². The molecule has 160 valence electrons. The van der Waals surface area contributed by atoms with E-state index in [1.807, 2.05) is 0 Å². The van der Waals surface area contributed by atoms with Gasteiger partial charge in [0.2, 0.25) is 0 Å². The number of para-hydroxylation sites is 1. The number of benzene rings is 2. The standard InChI is InChI=1S/C28H43N/c1-7-9-14-22-27(3,4)24-18-20-26(21-19-24)29(25-16-12-11-13-17-25)28(5,6)23-15-10-8-2/h11-13,16-21H,7-10,14-15,22-23H2,1-6H3. The second kappa shape index (κ2) is 10.9. The van der Waals surface area contributed by atoms with E-state index in [9.17, 15) is 0 Å². The zero-order valence-corrected chi connectivity index (χ0v) is 19.8. The molecule has 0 aliphatic carbocycles. The van der Waals surface area contributed by atoms with Gasteiger partial charge in [-0.15, -0.1) is 0 Å². The second-order valence-corrected chi connectivity index (χ2v) is 9.83. The normalized spacial score (nSPS) is 12.2. The number of anilines is 2. The molecule has 0 saturated carbocycles. The van der Waals surface area contributed by atoms with Crippen LogP contribution in [0.2, 0.25) is 0 Å². The summed E-state index contributed by atoms with van der Waals surface area (Å²) in [7, 11) is 0. The fourth-order valence-corrected chi connectivity index (χ4v) is 4.37. The van der Waals surface area contributed by atoms with Crippen molar-refractivity contribution >= 4 is 11.4 Å². The largest absolute Gasteiger partial charge is 0.336 e. The van der Waals surface area contributed by atoms with Crippen LogP contribution in [0.15, 0.2) is 54.6 Å². The average molecular weight is 394 g/mol. The highest BCUT2D eigenvalue weighted by atomic mass is 15.2. The summed E-state index contributed by atoms with van der Waals surface area (Å²) in [4.78, 5) is 2.54. The first-order chi connectivity index (χ1) is 13.8. The average Bonchev–Trinajstić information content (AvgIpc) is 2.69. The molecule has 0 aromatic heterocycles. The highest BCUT2D eigenvalue weighted by Gasteiger charge is 2.28. The molecule has 0 amide bonds. The molecule has 0 fully saturated rings. The maximum absolute atomic E-state index is 2.54. The maximum Gasteiger partial charge on any atom is 0.0416 e. The molecule has 0 saturated heterocycles. The molecule has 0 aliphatic rings. The van der Waals surface area contributed by atoms with Gasteiger partial charge in [0.05, 0.1) is 0 Å². The Labute approximate surface area is 180 Å². The van der Waals surface area contributed by atoms with Gasteiger partial charge in [-0.25, -0.2) is 0 Å². The quantitative estimate of drug-likeness (QED) is 0.325. The highest BCUT2D eigenvalue weighted by Crippen LogP contribution is 2.38. The number of hydrogen-bond donors (Lipinski definition) is 0. The summed E-state index contributed by atoms with van der Waals surface area (Å²) in [6.45, 7) is 14.1. The molecular weight excluding hydrogens is 350 g/mol. The van der Waals surface area contributed by atoms with E-state index < -0.39 is 0 Å². The summed E-state index contributed by atoms with van der Waals surface area (Å²) in [6.07, 6.45) is 10.2. The smallest absolute Gasteiger partial charge is 0.0416 e. The molecule has 0 aliphatic heterocycles. The lowest BCUT2D eigenvalue weighted by atomic mass is 9.80. The van der Waals surface area contributed by atoms with E-state index in [4.69, 9.17) is 0 Å². The first-order valence-corrected chi connectivity index (χ1v) is 11.8. The number of rotatable bonds is 12. The lowest BCUT2D eigenvalue weighted by molar-refractivity contribution is 0.439. The van der Waals surface area contributed by atoms with E-state index in [0.717, 1.165) is 0 Å². The van der Waals surface area contributed by atoms with Crippen LogP contribution in [0.25, 0.3) is 0 Å². The summed E-state index contributed by atoms with van der Waals surface area (Å²) >= 11 is 0. The minimum Gasteiger partial charge on any atom is -0.336 e. The van der Waals surface area contributed by atoms with Crippen molar-refractivity contribution in [2.75, 3.05) is 4.90 Å². The molecule has 2 rings (SSSR count). The Morgan fingerprint density at radius 2 is 1.14 bits per heavy atom. The minimum absolute atomic E-state index is 0.0781. The molecule has 0 radical (unpaired) electrons. The van der Waals surface area contributed by atoms with Crippen LogP contribution < -0.4 is 4.90 Å². The van der Waals surface area contributed by atoms with E-state index in [1.165, 1.54) is 68.3 Å². The third-order valence-corrected chi connectivity index (χ3v) is 6.32. The van der Waals surface area contributed by atoms with Crippen LogP contribution in [0.4, 0.5) is 11.4 Å². The van der Waals surface area contributed by atoms with Crippen LogP contribution in [0.3, 0.4) is 0 Å². The van der Waals surface area contributed by atoms with Gasteiger partial charge in [0.25, 0.3) is 0 Å². The molecule has 0 heterocycles. The van der Waals surface area contributed by atoms with Crippen molar-refractivity contribution in [3.8, 4) is 0 Å². The summed E-state index contributed by atoms with van der Waals surface area (Å²) in [5.41, 5.74) is 4.35. The summed E-state index contributed by atoms with van der Waals surface area (Å²) in [5.74, 6) is 0. The predicted molar refractivity (Wildman–Crippen MR) is 130 cm³/mol. The van der Waals surface area contributed by atoms with E-state index in [2.05, 4.69) is 101 Å². The molecule has 1 heteroatoms. The van der Waals surface area contributed by atoms with Gasteiger partial charge in [0, 0.05) is 16.9 Å². The van der Waals surface area contributed by atoms with Crippen LogP contribution in [0, 0.1) is 0 Å². The van der Waals surface area contributed by atoms with E-state index in [-0.39, 0.29) is 11.0 Å². The predicted octanol–water partition coefficient (Wildman–Crippen LogP) is 9.04. The van der Waals surface area contributed by atoms with Gasteiger partial charge in [-0.05, 0) is 61.9 Å². The molecule has 29 heavy (non-hydrogen) atoms. The van der Waals surface area contributed by atoms with Crippen molar-refractivity contribution in [2.45, 2.75) is 104 Å². The Hall–Kier alpha value is -1.76. The van der Waals surface area contributed by atoms with Gasteiger partial charge in [0.15, 0.2) is 0 Å². The molecule has 1 nitrogen and oxygen atoms in total. The summed E-state index contributed by atoms with van der Waals surface area (Å²) in [6, 6.07) is 20.3. The second-order valence-electron chi connectivity index (χ2n) is 9.83. The topological polar surface area (TPSA) is 3.24 Å². The lowest BCUT2D eigenvalue weighted by Gasteiger charge is -2.41. The van der Waals surface area contributed by atoms with E-state index in [1.54, 1.807) is 0 Å². The van der Waals surface area contributed by atoms with Gasteiger partial charge in [0.1, 0.15) is 0 Å². The van der Waals surface area contributed by atoms with Gasteiger partial charge in [-0.3, -0.25) is 0 Å². The first-order valence-electron chi connectivity index (χ1n) is 11.8. The van der Waals surface area contributed by atoms with Crippen molar-refractivity contribution in [1.29, 1.82) is 0 Å². The van der Waals surface area contributed by atoms with Crippen molar-refractivity contribution in [1.82, 2.24) is 0 Å². The van der Waals surface area contributed by atoms with Crippen molar-refractivity contribution < 1.29 is 0 Å². The Balaban J connectivity index is 2.29. The fourth-order valence-electron chi connectivity index (χ4n) is 4.37. The van der Waals surface area contributed by atoms with Crippen molar-refractivity contribution in [2.24, 2.45) is 0 Å². The zero-order chi connectivity index (χ0) is 21.3. The van der Waals surface area contributed by atoms with Crippen LogP contribution in [0.1, 0.15) is 98.5 Å². The van der Waals surface area contributed by atoms with Crippen LogP contribution >= 0.6 is 0 Å². The number of unbranched alkanes of at least 4 members (excludes halogenated alkanes) is 4. The SMILES string of the molecule is CCCCCC(C)(C)c1ccc(N(c2ccccc2)C(C)(C)CCCCC)cc1. The minimum atomic E-state index is 0.0781. The molecule has 2 aromatic carbocycles. The van der Waals surface area contributed by atoms with Gasteiger partial charge in [-0.2, -0.15) is 0 Å².